The number of likely N-dealkylation sites (tertiary alicyclic amines) is 1. The molecule has 2 atom stereocenters. The van der Waals surface area contributed by atoms with Gasteiger partial charge >= 0.3 is 0 Å². The van der Waals surface area contributed by atoms with Gasteiger partial charge in [-0.15, -0.1) is 11.3 Å². The van der Waals surface area contributed by atoms with E-state index in [4.69, 9.17) is 5.73 Å². The predicted molar refractivity (Wildman–Crippen MR) is 75.5 cm³/mol. The van der Waals surface area contributed by atoms with Crippen LogP contribution in [0.25, 0.3) is 0 Å². The lowest BCUT2D eigenvalue weighted by atomic mass is 9.96. The summed E-state index contributed by atoms with van der Waals surface area (Å²) in [7, 11) is 0. The molecule has 1 fully saturated rings. The molecule has 1 aliphatic rings. The van der Waals surface area contributed by atoms with Crippen molar-refractivity contribution in [3.63, 3.8) is 0 Å². The molecule has 1 aliphatic heterocycles. The van der Waals surface area contributed by atoms with E-state index in [9.17, 15) is 0 Å². The minimum Gasteiger partial charge on any atom is -0.326 e. The molecule has 0 bridgehead atoms. The van der Waals surface area contributed by atoms with Gasteiger partial charge in [0.05, 0.1) is 6.04 Å². The van der Waals surface area contributed by atoms with E-state index in [1.165, 1.54) is 29.8 Å². The Kier molecular flexibility index (Phi) is 3.62. The molecule has 2 unspecified atom stereocenters. The average molecular weight is 252 g/mol. The number of thiophene rings is 1. The Morgan fingerprint density at radius 3 is 2.59 bits per heavy atom. The highest BCUT2D eigenvalue weighted by atomic mass is 32.1. The lowest BCUT2D eigenvalue weighted by molar-refractivity contribution is 0.103. The Morgan fingerprint density at radius 2 is 2.18 bits per heavy atom. The van der Waals surface area contributed by atoms with E-state index in [1.807, 2.05) is 11.3 Å². The number of rotatable bonds is 3. The fourth-order valence-corrected chi connectivity index (χ4v) is 4.15. The molecule has 2 rings (SSSR count). The van der Waals surface area contributed by atoms with Crippen molar-refractivity contribution in [1.29, 1.82) is 0 Å². The molecule has 0 saturated carbocycles. The van der Waals surface area contributed by atoms with Crippen LogP contribution in [-0.4, -0.2) is 23.0 Å². The molecule has 2 nitrogen and oxygen atoms in total. The molecule has 1 aromatic rings. The van der Waals surface area contributed by atoms with Crippen LogP contribution in [0.3, 0.4) is 0 Å². The first-order valence-electron chi connectivity index (χ1n) is 6.50. The quantitative estimate of drug-likeness (QED) is 0.894. The molecule has 2 N–H and O–H groups in total. The van der Waals surface area contributed by atoms with Gasteiger partial charge in [-0.2, -0.15) is 0 Å². The summed E-state index contributed by atoms with van der Waals surface area (Å²) in [6.07, 6.45) is 2.57. The molecule has 0 amide bonds. The summed E-state index contributed by atoms with van der Waals surface area (Å²) < 4.78 is 0. The highest BCUT2D eigenvalue weighted by molar-refractivity contribution is 7.10. The summed E-state index contributed by atoms with van der Waals surface area (Å²) in [5.41, 5.74) is 7.94. The third-order valence-electron chi connectivity index (χ3n) is 3.97. The third kappa shape index (κ3) is 2.42. The van der Waals surface area contributed by atoms with Crippen LogP contribution in [0.2, 0.25) is 0 Å². The molecule has 17 heavy (non-hydrogen) atoms. The fraction of sp³-hybridized carbons (Fsp3) is 0.714. The summed E-state index contributed by atoms with van der Waals surface area (Å²) in [5.74, 6) is 0. The summed E-state index contributed by atoms with van der Waals surface area (Å²) >= 11 is 1.85. The van der Waals surface area contributed by atoms with Gasteiger partial charge < -0.3 is 5.73 Å². The van der Waals surface area contributed by atoms with Crippen molar-refractivity contribution in [1.82, 2.24) is 4.90 Å². The van der Waals surface area contributed by atoms with Gasteiger partial charge in [-0.1, -0.05) is 0 Å². The summed E-state index contributed by atoms with van der Waals surface area (Å²) in [6.45, 7) is 10.2. The van der Waals surface area contributed by atoms with E-state index in [1.54, 1.807) is 0 Å². The Hall–Kier alpha value is -0.380. The fourth-order valence-electron chi connectivity index (χ4n) is 3.00. The Balaban J connectivity index is 2.34. The normalized spacial score (nSPS) is 23.8. The Bertz CT molecular complexity index is 381. The third-order valence-corrected chi connectivity index (χ3v) is 5.06. The highest BCUT2D eigenvalue weighted by Gasteiger charge is 2.39. The van der Waals surface area contributed by atoms with Crippen molar-refractivity contribution in [3.8, 4) is 0 Å². The van der Waals surface area contributed by atoms with Crippen LogP contribution in [0.15, 0.2) is 11.4 Å². The van der Waals surface area contributed by atoms with Crippen LogP contribution in [0.4, 0.5) is 0 Å². The molecule has 0 aromatic carbocycles. The van der Waals surface area contributed by atoms with Crippen LogP contribution in [0.1, 0.15) is 50.1 Å². The van der Waals surface area contributed by atoms with Crippen molar-refractivity contribution in [2.24, 2.45) is 5.73 Å². The topological polar surface area (TPSA) is 29.3 Å². The van der Waals surface area contributed by atoms with Crippen LogP contribution < -0.4 is 5.73 Å². The van der Waals surface area contributed by atoms with Crippen LogP contribution in [0.5, 0.6) is 0 Å². The SMILES string of the molecule is Cc1ccsc1C(C(C)N)N1CCCC1(C)C. The summed E-state index contributed by atoms with van der Waals surface area (Å²) in [5, 5.41) is 2.18. The predicted octanol–water partition coefficient (Wildman–Crippen LogP) is 3.32. The van der Waals surface area contributed by atoms with E-state index in [2.05, 4.69) is 44.0 Å². The van der Waals surface area contributed by atoms with Crippen molar-refractivity contribution in [2.45, 2.75) is 58.2 Å². The van der Waals surface area contributed by atoms with Gasteiger partial charge in [-0.25, -0.2) is 0 Å². The molecule has 0 spiro atoms. The zero-order valence-electron chi connectivity index (χ0n) is 11.4. The van der Waals surface area contributed by atoms with Gasteiger partial charge in [-0.3, -0.25) is 4.90 Å². The maximum absolute atomic E-state index is 6.26. The smallest absolute Gasteiger partial charge is 0.0597 e. The van der Waals surface area contributed by atoms with E-state index < -0.39 is 0 Å². The second-order valence-electron chi connectivity index (χ2n) is 5.88. The van der Waals surface area contributed by atoms with Crippen molar-refractivity contribution >= 4 is 11.3 Å². The number of nitrogens with two attached hydrogens (primary N) is 1. The first-order chi connectivity index (χ1) is 7.93. The zero-order valence-corrected chi connectivity index (χ0v) is 12.2. The van der Waals surface area contributed by atoms with Gasteiger partial charge in [0.25, 0.3) is 0 Å². The standard InChI is InChI=1S/C14H24N2S/c1-10-6-9-17-13(10)12(11(2)15)16-8-5-7-14(16,3)4/h6,9,11-12H,5,7-8,15H2,1-4H3. The molecule has 1 aromatic heterocycles. The lowest BCUT2D eigenvalue weighted by Gasteiger charge is -2.40. The first-order valence-corrected chi connectivity index (χ1v) is 7.38. The molecule has 0 aliphatic carbocycles. The minimum atomic E-state index is 0.185. The molecule has 2 heterocycles. The van der Waals surface area contributed by atoms with E-state index in [-0.39, 0.29) is 11.6 Å². The van der Waals surface area contributed by atoms with Gasteiger partial charge in [-0.05, 0) is 64.1 Å². The lowest BCUT2D eigenvalue weighted by Crippen LogP contribution is -2.46. The average Bonchev–Trinajstić information content (AvgIpc) is 2.75. The van der Waals surface area contributed by atoms with Gasteiger partial charge in [0.15, 0.2) is 0 Å². The molecule has 3 heteroatoms. The van der Waals surface area contributed by atoms with Crippen molar-refractivity contribution in [3.05, 3.63) is 21.9 Å². The number of aryl methyl sites for hydroxylation is 1. The number of nitrogens with zero attached hydrogens (tertiary/aromatic N) is 1. The molecular weight excluding hydrogens is 228 g/mol. The summed E-state index contributed by atoms with van der Waals surface area (Å²) in [6, 6.07) is 2.77. The van der Waals surface area contributed by atoms with Gasteiger partial charge in [0.1, 0.15) is 0 Å². The monoisotopic (exact) mass is 252 g/mol. The van der Waals surface area contributed by atoms with Crippen molar-refractivity contribution in [2.75, 3.05) is 6.54 Å². The van der Waals surface area contributed by atoms with Gasteiger partial charge in [0.2, 0.25) is 0 Å². The van der Waals surface area contributed by atoms with Crippen LogP contribution in [-0.2, 0) is 0 Å². The minimum absolute atomic E-state index is 0.185. The Morgan fingerprint density at radius 1 is 1.47 bits per heavy atom. The molecular formula is C14H24N2S. The largest absolute Gasteiger partial charge is 0.326 e. The maximum atomic E-state index is 6.26. The maximum Gasteiger partial charge on any atom is 0.0597 e. The zero-order chi connectivity index (χ0) is 12.6. The van der Waals surface area contributed by atoms with Crippen LogP contribution >= 0.6 is 11.3 Å². The molecule has 1 saturated heterocycles. The van der Waals surface area contributed by atoms with E-state index in [0.29, 0.717) is 6.04 Å². The second kappa shape index (κ2) is 4.71. The van der Waals surface area contributed by atoms with Crippen LogP contribution in [0, 0.1) is 6.92 Å². The van der Waals surface area contributed by atoms with Crippen molar-refractivity contribution < 1.29 is 0 Å². The first kappa shape index (κ1) is 13.1. The molecule has 96 valence electrons. The number of hydrogen-bond acceptors (Lipinski definition) is 3. The molecule has 0 radical (unpaired) electrons. The summed E-state index contributed by atoms with van der Waals surface area (Å²) in [4.78, 5) is 4.06. The number of hydrogen-bond donors (Lipinski definition) is 1. The Labute approximate surface area is 109 Å². The van der Waals surface area contributed by atoms with E-state index in [0.717, 1.165) is 0 Å². The van der Waals surface area contributed by atoms with E-state index >= 15 is 0 Å². The second-order valence-corrected chi connectivity index (χ2v) is 6.83. The highest BCUT2D eigenvalue weighted by Crippen LogP contribution is 2.40. The van der Waals surface area contributed by atoms with Gasteiger partial charge in [0, 0.05) is 16.5 Å².